The normalized spacial score (nSPS) is 21.8. The van der Waals surface area contributed by atoms with Crippen LogP contribution < -0.4 is 35.0 Å². The van der Waals surface area contributed by atoms with Gasteiger partial charge < -0.3 is 14.4 Å². The number of carbonyl (C=O) groups is 3. The average Bonchev–Trinajstić information content (AvgIpc) is 2.71. The average molecular weight is 400 g/mol. The number of hydrogen-bond donors (Lipinski definition) is 1. The molecule has 1 fully saturated rings. The fourth-order valence-electron chi connectivity index (χ4n) is 2.49. The van der Waals surface area contributed by atoms with Crippen LogP contribution in [-0.4, -0.2) is 85.0 Å². The summed E-state index contributed by atoms with van der Waals surface area (Å²) in [5, 5.41) is 0.412. The number of nitrogens with zero attached hydrogens (tertiary/aromatic N) is 3. The molecule has 0 spiro atoms. The molecule has 0 saturated carbocycles. The summed E-state index contributed by atoms with van der Waals surface area (Å²) < 4.78 is 36.3. The zero-order valence-corrected chi connectivity index (χ0v) is 17.5. The minimum Gasteiger partial charge on any atom is -0.724 e. The summed E-state index contributed by atoms with van der Waals surface area (Å²) in [4.78, 5) is 43.0. The molecule has 2 rings (SSSR count). The molecule has 0 aromatic carbocycles. The van der Waals surface area contributed by atoms with Crippen LogP contribution in [0, 0.1) is 0 Å². The van der Waals surface area contributed by atoms with Crippen molar-refractivity contribution in [2.45, 2.75) is 19.0 Å². The summed E-state index contributed by atoms with van der Waals surface area (Å²) in [6.45, 7) is 1.12. The number of urea groups is 1. The Kier molecular flexibility index (Phi) is 7.59. The molecule has 1 saturated heterocycles. The van der Waals surface area contributed by atoms with Crippen LogP contribution in [-0.2, 0) is 29.1 Å². The first kappa shape index (κ1) is 22.8. The molecule has 4 amide bonds. The summed E-state index contributed by atoms with van der Waals surface area (Å²) in [5.74, 6) is -1.10. The van der Waals surface area contributed by atoms with Gasteiger partial charge in [-0.1, -0.05) is 6.08 Å². The van der Waals surface area contributed by atoms with Crippen LogP contribution in [0.1, 0.15) is 6.92 Å². The van der Waals surface area contributed by atoms with Gasteiger partial charge in [0.1, 0.15) is 6.04 Å². The fraction of sp³-hybridized carbons (Fsp3) is 0.583. The van der Waals surface area contributed by atoms with Crippen LogP contribution in [0.25, 0.3) is 0 Å². The van der Waals surface area contributed by atoms with Gasteiger partial charge in [0.25, 0.3) is 11.8 Å². The van der Waals surface area contributed by atoms with Gasteiger partial charge in [-0.25, -0.2) is 18.7 Å². The molecule has 2 bridgehead atoms. The van der Waals surface area contributed by atoms with Gasteiger partial charge in [-0.3, -0.25) is 14.4 Å². The summed E-state index contributed by atoms with van der Waals surface area (Å²) in [5.41, 5.74) is 2.50. The van der Waals surface area contributed by atoms with Gasteiger partial charge in [-0.2, -0.15) is 9.35 Å². The SMILES string of the molecule is CC1=C[C@@H]2CN(C(=O)N2OS(=O)(=O)[O-])[C@@H]1C(=O)NOCC(=O)N(C)C.[Na+]. The fourth-order valence-corrected chi connectivity index (χ4v) is 2.86. The van der Waals surface area contributed by atoms with Gasteiger partial charge >= 0.3 is 35.6 Å². The van der Waals surface area contributed by atoms with Crippen molar-refractivity contribution in [3.05, 3.63) is 11.6 Å². The van der Waals surface area contributed by atoms with E-state index in [1.807, 2.05) is 0 Å². The second kappa shape index (κ2) is 8.65. The molecule has 0 unspecified atom stereocenters. The molecule has 2 aliphatic rings. The number of rotatable bonds is 6. The van der Waals surface area contributed by atoms with Crippen LogP contribution in [0.4, 0.5) is 4.79 Å². The molecule has 2 atom stereocenters. The number of carbonyl (C=O) groups excluding carboxylic acids is 3. The van der Waals surface area contributed by atoms with Gasteiger partial charge in [0.2, 0.25) is 10.4 Å². The zero-order chi connectivity index (χ0) is 18.9. The first-order chi connectivity index (χ1) is 11.5. The van der Waals surface area contributed by atoms with E-state index in [0.717, 1.165) is 4.90 Å². The minimum atomic E-state index is -5.13. The van der Waals surface area contributed by atoms with E-state index < -0.39 is 41.0 Å². The molecule has 0 aliphatic carbocycles. The molecule has 12 nitrogen and oxygen atoms in total. The number of fused-ring (bicyclic) bond motifs is 2. The van der Waals surface area contributed by atoms with Gasteiger partial charge in [0.05, 0.1) is 12.6 Å². The van der Waals surface area contributed by atoms with E-state index in [1.54, 1.807) is 6.92 Å². The zero-order valence-electron chi connectivity index (χ0n) is 14.7. The second-order valence-electron chi connectivity index (χ2n) is 5.67. The standard InChI is InChI=1S/C12H18N4O8S.Na/c1-7-4-8-5-15(12(19)16(8)24-25(20,21)22)10(7)11(18)13-23-6-9(17)14(2)3;/h4,8,10H,5-6H2,1-3H3,(H,13,18)(H,20,21,22);/q;+1/p-1/t8-,10+;/m1./s1. The Morgan fingerprint density at radius 2 is 2.04 bits per heavy atom. The Hall–Kier alpha value is -1.22. The maximum Gasteiger partial charge on any atom is 1.00 e. The molecule has 0 radical (unpaired) electrons. The van der Waals surface area contributed by atoms with Crippen LogP contribution in [0.15, 0.2) is 11.6 Å². The molecular formula is C12H17N4NaO8S. The van der Waals surface area contributed by atoms with Crippen molar-refractivity contribution in [1.82, 2.24) is 20.3 Å². The van der Waals surface area contributed by atoms with E-state index in [2.05, 4.69) is 9.76 Å². The molecule has 0 aromatic rings. The maximum atomic E-state index is 12.3. The molecule has 2 heterocycles. The molecule has 140 valence electrons. The molecular weight excluding hydrogens is 383 g/mol. The third-order valence-electron chi connectivity index (χ3n) is 3.60. The van der Waals surface area contributed by atoms with Crippen LogP contribution >= 0.6 is 0 Å². The van der Waals surface area contributed by atoms with Crippen LogP contribution in [0.3, 0.4) is 0 Å². The van der Waals surface area contributed by atoms with Crippen LogP contribution in [0.2, 0.25) is 0 Å². The predicted molar refractivity (Wildman–Crippen MR) is 78.8 cm³/mol. The monoisotopic (exact) mass is 400 g/mol. The molecule has 26 heavy (non-hydrogen) atoms. The smallest absolute Gasteiger partial charge is 0.724 e. The quantitative estimate of drug-likeness (QED) is 0.153. The van der Waals surface area contributed by atoms with Crippen molar-refractivity contribution in [2.75, 3.05) is 27.2 Å². The summed E-state index contributed by atoms with van der Waals surface area (Å²) in [7, 11) is -2.10. The maximum absolute atomic E-state index is 12.3. The first-order valence-corrected chi connectivity index (χ1v) is 8.40. The topological polar surface area (TPSA) is 149 Å². The van der Waals surface area contributed by atoms with Crippen molar-refractivity contribution in [2.24, 2.45) is 0 Å². The van der Waals surface area contributed by atoms with Gasteiger partial charge in [-0.05, 0) is 12.5 Å². The third kappa shape index (κ3) is 5.16. The number of nitrogens with one attached hydrogen (secondary N) is 1. The summed E-state index contributed by atoms with van der Waals surface area (Å²) >= 11 is 0. The minimum absolute atomic E-state index is 0. The number of likely N-dealkylation sites (N-methyl/N-ethyl adjacent to an activating group) is 1. The Balaban J connectivity index is 0.00000338. The van der Waals surface area contributed by atoms with Crippen molar-refractivity contribution in [3.63, 3.8) is 0 Å². The van der Waals surface area contributed by atoms with Gasteiger partial charge in [-0.15, -0.1) is 0 Å². The Morgan fingerprint density at radius 1 is 1.42 bits per heavy atom. The van der Waals surface area contributed by atoms with Crippen LogP contribution in [0.5, 0.6) is 0 Å². The van der Waals surface area contributed by atoms with Gasteiger partial charge in [0.15, 0.2) is 6.61 Å². The number of amides is 4. The molecule has 0 aromatic heterocycles. The van der Waals surface area contributed by atoms with E-state index in [9.17, 15) is 27.4 Å². The largest absolute Gasteiger partial charge is 1.00 e. The number of hydroxylamine groups is 3. The molecule has 14 heteroatoms. The first-order valence-electron chi connectivity index (χ1n) is 7.06. The van der Waals surface area contributed by atoms with E-state index in [-0.39, 0.29) is 42.0 Å². The second-order valence-corrected chi connectivity index (χ2v) is 6.63. The third-order valence-corrected chi connectivity index (χ3v) is 3.95. The summed E-state index contributed by atoms with van der Waals surface area (Å²) in [6.07, 6.45) is 1.45. The Labute approximate surface area is 172 Å². The Morgan fingerprint density at radius 3 is 2.58 bits per heavy atom. The van der Waals surface area contributed by atoms with Crippen molar-refractivity contribution in [1.29, 1.82) is 0 Å². The van der Waals surface area contributed by atoms with E-state index >= 15 is 0 Å². The predicted octanol–water partition coefficient (Wildman–Crippen LogP) is -5.05. The van der Waals surface area contributed by atoms with Crippen molar-refractivity contribution in [3.8, 4) is 0 Å². The van der Waals surface area contributed by atoms with Gasteiger partial charge in [0, 0.05) is 14.1 Å². The Bertz CT molecular complexity index is 725. The molecule has 1 N–H and O–H groups in total. The number of hydrogen-bond acceptors (Lipinski definition) is 8. The van der Waals surface area contributed by atoms with E-state index in [0.29, 0.717) is 10.6 Å². The molecule has 2 aliphatic heterocycles. The van der Waals surface area contributed by atoms with E-state index in [4.69, 9.17) is 4.84 Å². The van der Waals surface area contributed by atoms with E-state index in [1.165, 1.54) is 25.1 Å². The van der Waals surface area contributed by atoms with Crippen molar-refractivity contribution < 1.29 is 66.0 Å². The summed E-state index contributed by atoms with van der Waals surface area (Å²) in [6, 6.07) is -2.83. The van der Waals surface area contributed by atoms with Crippen molar-refractivity contribution >= 4 is 28.2 Å².